The molecule has 0 aromatic rings. The summed E-state index contributed by atoms with van der Waals surface area (Å²) in [6, 6.07) is 0.334. The van der Waals surface area contributed by atoms with Gasteiger partial charge in [0.15, 0.2) is 0 Å². The summed E-state index contributed by atoms with van der Waals surface area (Å²) in [6.07, 6.45) is 15.7. The van der Waals surface area contributed by atoms with Gasteiger partial charge < -0.3 is 20.8 Å². The molecule has 0 saturated heterocycles. The average Bonchev–Trinajstić information content (AvgIpc) is 2.90. The Morgan fingerprint density at radius 2 is 0.811 bits per heavy atom. The third-order valence-corrected chi connectivity index (χ3v) is 9.89. The molecular formula is C29H46N2O6. The molecule has 8 heteroatoms. The minimum absolute atomic E-state index is 0.0566. The average molecular weight is 519 g/mol. The minimum atomic E-state index is -0.837. The largest absolute Gasteiger partial charge is 0.481 e. The van der Waals surface area contributed by atoms with E-state index in [1.54, 1.807) is 0 Å². The van der Waals surface area contributed by atoms with Crippen molar-refractivity contribution in [3.05, 3.63) is 0 Å². The van der Waals surface area contributed by atoms with Gasteiger partial charge in [0.25, 0.3) is 0 Å². The van der Waals surface area contributed by atoms with Crippen LogP contribution in [0.25, 0.3) is 0 Å². The molecular weight excluding hydrogens is 472 g/mol. The van der Waals surface area contributed by atoms with Gasteiger partial charge in [0.2, 0.25) is 11.8 Å². The van der Waals surface area contributed by atoms with Crippen molar-refractivity contribution in [1.82, 2.24) is 10.6 Å². The minimum Gasteiger partial charge on any atom is -0.481 e. The lowest BCUT2D eigenvalue weighted by Crippen LogP contribution is -2.45. The summed E-state index contributed by atoms with van der Waals surface area (Å²) in [6.45, 7) is 0. The number of carbonyl (C=O) groups excluding carboxylic acids is 2. The van der Waals surface area contributed by atoms with Crippen LogP contribution in [0.15, 0.2) is 0 Å². The molecule has 208 valence electrons. The van der Waals surface area contributed by atoms with E-state index in [-0.39, 0.29) is 35.7 Å². The highest BCUT2D eigenvalue weighted by atomic mass is 16.4. The van der Waals surface area contributed by atoms with Gasteiger partial charge in [0, 0.05) is 12.1 Å². The number of carboxylic acid groups (broad SMARTS) is 2. The van der Waals surface area contributed by atoms with Crippen LogP contribution in [0.5, 0.6) is 0 Å². The Kier molecular flexibility index (Phi) is 9.88. The molecule has 0 aliphatic heterocycles. The van der Waals surface area contributed by atoms with E-state index in [0.717, 1.165) is 77.0 Å². The predicted octanol–water partition coefficient (Wildman–Crippen LogP) is 4.51. The summed E-state index contributed by atoms with van der Waals surface area (Å²) >= 11 is 0. The maximum Gasteiger partial charge on any atom is 0.307 e. The molecule has 0 aromatic carbocycles. The second kappa shape index (κ2) is 13.1. The normalized spacial score (nSPS) is 36.8. The highest BCUT2D eigenvalue weighted by Crippen LogP contribution is 2.37. The highest BCUT2D eigenvalue weighted by Gasteiger charge is 2.38. The molecule has 37 heavy (non-hydrogen) atoms. The second-order valence-electron chi connectivity index (χ2n) is 12.4. The van der Waals surface area contributed by atoms with Gasteiger partial charge in [-0.25, -0.2) is 0 Å². The van der Waals surface area contributed by atoms with E-state index < -0.39 is 23.8 Å². The standard InChI is InChI=1S/C29H46N2O6/c32-26(22-5-1-3-7-24(22)28(34)35)30-20-13-9-18(10-14-20)17-19-11-15-21(16-12-19)31-27(33)23-6-2-4-8-25(23)29(36)37/h18-25H,1-17H2,(H,30,32)(H,31,33)(H,34,35)(H,36,37)/t18?,19?,20?,21?,22-,23+,24-,25-/m1/s1. The van der Waals surface area contributed by atoms with Crippen LogP contribution in [0.4, 0.5) is 0 Å². The van der Waals surface area contributed by atoms with Gasteiger partial charge in [-0.05, 0) is 95.3 Å². The molecule has 8 nitrogen and oxygen atoms in total. The van der Waals surface area contributed by atoms with Crippen molar-refractivity contribution in [2.24, 2.45) is 35.5 Å². The van der Waals surface area contributed by atoms with Crippen LogP contribution in [-0.4, -0.2) is 46.0 Å². The fourth-order valence-electron chi connectivity index (χ4n) is 7.65. The molecule has 0 aromatic heterocycles. The van der Waals surface area contributed by atoms with Gasteiger partial charge in [-0.2, -0.15) is 0 Å². The third-order valence-electron chi connectivity index (χ3n) is 9.89. The number of hydrogen-bond donors (Lipinski definition) is 4. The van der Waals surface area contributed by atoms with Crippen LogP contribution in [-0.2, 0) is 19.2 Å². The Morgan fingerprint density at radius 1 is 0.486 bits per heavy atom. The summed E-state index contributed by atoms with van der Waals surface area (Å²) in [7, 11) is 0. The third kappa shape index (κ3) is 7.47. The molecule has 0 radical (unpaired) electrons. The van der Waals surface area contributed by atoms with E-state index in [2.05, 4.69) is 10.6 Å². The Balaban J connectivity index is 1.14. The maximum absolute atomic E-state index is 12.8. The zero-order valence-corrected chi connectivity index (χ0v) is 22.2. The lowest BCUT2D eigenvalue weighted by atomic mass is 9.75. The monoisotopic (exact) mass is 518 g/mol. The molecule has 0 bridgehead atoms. The quantitative estimate of drug-likeness (QED) is 0.374. The number of nitrogens with one attached hydrogen (secondary N) is 2. The van der Waals surface area contributed by atoms with Gasteiger partial charge in [0.05, 0.1) is 23.7 Å². The van der Waals surface area contributed by atoms with Crippen molar-refractivity contribution in [3.63, 3.8) is 0 Å². The number of carbonyl (C=O) groups is 4. The van der Waals surface area contributed by atoms with E-state index in [1.165, 1.54) is 6.42 Å². The Hall–Kier alpha value is -2.12. The Labute approximate surface area is 220 Å². The SMILES string of the molecule is O=C(NC1CCC(CC2CCC(NC(=O)[C@@H]3CCCC[C@H]3C(=O)O)CC2)CC1)[C@H]1CCCC[C@H]1C(=O)O. The van der Waals surface area contributed by atoms with E-state index in [9.17, 15) is 29.4 Å². The van der Waals surface area contributed by atoms with Crippen molar-refractivity contribution >= 4 is 23.8 Å². The first-order chi connectivity index (χ1) is 17.8. The van der Waals surface area contributed by atoms with Crippen molar-refractivity contribution in [2.45, 2.75) is 121 Å². The molecule has 4 rings (SSSR count). The molecule has 0 heterocycles. The Morgan fingerprint density at radius 3 is 1.14 bits per heavy atom. The van der Waals surface area contributed by atoms with Crippen molar-refractivity contribution < 1.29 is 29.4 Å². The van der Waals surface area contributed by atoms with E-state index in [0.29, 0.717) is 37.5 Å². The molecule has 4 aliphatic rings. The molecule has 0 unspecified atom stereocenters. The number of aliphatic carboxylic acids is 2. The molecule has 4 saturated carbocycles. The summed E-state index contributed by atoms with van der Waals surface area (Å²) in [4.78, 5) is 48.7. The summed E-state index contributed by atoms with van der Waals surface area (Å²) in [5.41, 5.74) is 0. The lowest BCUT2D eigenvalue weighted by molar-refractivity contribution is -0.149. The van der Waals surface area contributed by atoms with Crippen LogP contribution in [0, 0.1) is 35.5 Å². The molecule has 4 atom stereocenters. The zero-order valence-electron chi connectivity index (χ0n) is 22.2. The second-order valence-corrected chi connectivity index (χ2v) is 12.4. The van der Waals surface area contributed by atoms with Gasteiger partial charge >= 0.3 is 11.9 Å². The van der Waals surface area contributed by atoms with Crippen molar-refractivity contribution in [2.75, 3.05) is 0 Å². The molecule has 2 amide bonds. The van der Waals surface area contributed by atoms with Crippen LogP contribution >= 0.6 is 0 Å². The molecule has 4 N–H and O–H groups in total. The fourth-order valence-corrected chi connectivity index (χ4v) is 7.65. The lowest BCUT2D eigenvalue weighted by Gasteiger charge is -2.36. The number of hydrogen-bond acceptors (Lipinski definition) is 4. The molecule has 4 fully saturated rings. The first-order valence-electron chi connectivity index (χ1n) is 14.9. The van der Waals surface area contributed by atoms with Gasteiger partial charge in [-0.15, -0.1) is 0 Å². The Bertz CT molecular complexity index is 749. The van der Waals surface area contributed by atoms with Crippen LogP contribution in [0.3, 0.4) is 0 Å². The first-order valence-corrected chi connectivity index (χ1v) is 14.9. The van der Waals surface area contributed by atoms with Gasteiger partial charge in [0.1, 0.15) is 0 Å². The first kappa shape index (κ1) is 27.9. The van der Waals surface area contributed by atoms with Crippen LogP contribution < -0.4 is 10.6 Å². The molecule has 0 spiro atoms. The maximum atomic E-state index is 12.8. The van der Waals surface area contributed by atoms with Crippen LogP contribution in [0.2, 0.25) is 0 Å². The predicted molar refractivity (Wildman–Crippen MR) is 139 cm³/mol. The van der Waals surface area contributed by atoms with E-state index in [1.807, 2.05) is 0 Å². The zero-order chi connectivity index (χ0) is 26.4. The van der Waals surface area contributed by atoms with E-state index in [4.69, 9.17) is 0 Å². The summed E-state index contributed by atoms with van der Waals surface area (Å²) in [5, 5.41) is 25.3. The fraction of sp³-hybridized carbons (Fsp3) is 0.862. The summed E-state index contributed by atoms with van der Waals surface area (Å²) < 4.78 is 0. The van der Waals surface area contributed by atoms with Crippen LogP contribution in [0.1, 0.15) is 109 Å². The number of amides is 2. The van der Waals surface area contributed by atoms with E-state index >= 15 is 0 Å². The van der Waals surface area contributed by atoms with Gasteiger partial charge in [-0.3, -0.25) is 19.2 Å². The topological polar surface area (TPSA) is 133 Å². The smallest absolute Gasteiger partial charge is 0.307 e. The number of rotatable bonds is 8. The van der Waals surface area contributed by atoms with Crippen molar-refractivity contribution in [1.29, 1.82) is 0 Å². The highest BCUT2D eigenvalue weighted by molar-refractivity contribution is 5.85. The number of carboxylic acids is 2. The molecule has 4 aliphatic carbocycles. The van der Waals surface area contributed by atoms with Gasteiger partial charge in [-0.1, -0.05) is 25.7 Å². The summed E-state index contributed by atoms with van der Waals surface area (Å²) in [5.74, 6) is -2.28. The van der Waals surface area contributed by atoms with Crippen molar-refractivity contribution in [3.8, 4) is 0 Å².